The van der Waals surface area contributed by atoms with Crippen LogP contribution >= 0.6 is 0 Å². The summed E-state index contributed by atoms with van der Waals surface area (Å²) in [6.45, 7) is 3.26. The van der Waals surface area contributed by atoms with E-state index in [-0.39, 0.29) is 0 Å². The Labute approximate surface area is 99.4 Å². The topological polar surface area (TPSA) is 60.9 Å². The maximum atomic E-state index is 11.1. The van der Waals surface area contributed by atoms with Crippen molar-refractivity contribution in [3.63, 3.8) is 0 Å². The van der Waals surface area contributed by atoms with Crippen LogP contribution in [-0.2, 0) is 13.0 Å². The number of primary amides is 1. The molecule has 0 saturated heterocycles. The molecule has 1 atom stereocenters. The molecule has 0 fully saturated rings. The summed E-state index contributed by atoms with van der Waals surface area (Å²) in [7, 11) is 0. The van der Waals surface area contributed by atoms with E-state index in [1.54, 1.807) is 12.1 Å². The van der Waals surface area contributed by atoms with Crippen LogP contribution in [0, 0.1) is 5.92 Å². The lowest BCUT2D eigenvalue weighted by molar-refractivity contribution is 0.100. The third-order valence-electron chi connectivity index (χ3n) is 3.49. The number of hydrogen-bond acceptors (Lipinski definition) is 2. The number of nitrogens with zero attached hydrogens (tertiary/aromatic N) is 2. The van der Waals surface area contributed by atoms with E-state index in [1.807, 2.05) is 6.07 Å². The minimum absolute atomic E-state index is 0.397. The van der Waals surface area contributed by atoms with Gasteiger partial charge in [0.15, 0.2) is 0 Å². The molecule has 0 saturated carbocycles. The normalized spacial score (nSPS) is 19.2. The van der Waals surface area contributed by atoms with Crippen molar-refractivity contribution < 1.29 is 4.79 Å². The number of hydrogen-bond donors (Lipinski definition) is 1. The molecule has 3 rings (SSSR count). The van der Waals surface area contributed by atoms with Crippen LogP contribution in [0.2, 0.25) is 0 Å². The van der Waals surface area contributed by atoms with E-state index in [4.69, 9.17) is 5.73 Å². The van der Waals surface area contributed by atoms with Crippen molar-refractivity contribution in [3.8, 4) is 0 Å². The van der Waals surface area contributed by atoms with Gasteiger partial charge in [-0.15, -0.1) is 0 Å². The Morgan fingerprint density at radius 1 is 1.53 bits per heavy atom. The van der Waals surface area contributed by atoms with Crippen molar-refractivity contribution >= 4 is 16.9 Å². The molecule has 1 aliphatic rings. The second kappa shape index (κ2) is 3.58. The number of nitrogens with two attached hydrogens (primary N) is 1. The summed E-state index contributed by atoms with van der Waals surface area (Å²) in [5.74, 6) is 1.42. The largest absolute Gasteiger partial charge is 0.366 e. The number of benzene rings is 1. The van der Waals surface area contributed by atoms with Gasteiger partial charge in [-0.1, -0.05) is 6.92 Å². The minimum atomic E-state index is -0.397. The van der Waals surface area contributed by atoms with Gasteiger partial charge in [0.05, 0.1) is 11.0 Å². The van der Waals surface area contributed by atoms with Gasteiger partial charge in [-0.3, -0.25) is 4.79 Å². The highest BCUT2D eigenvalue weighted by molar-refractivity contribution is 5.96. The maximum absolute atomic E-state index is 11.1. The fourth-order valence-electron chi connectivity index (χ4n) is 2.50. The molecule has 1 aliphatic heterocycles. The Hall–Kier alpha value is -1.84. The van der Waals surface area contributed by atoms with Gasteiger partial charge >= 0.3 is 0 Å². The molecule has 0 unspecified atom stereocenters. The van der Waals surface area contributed by atoms with Gasteiger partial charge in [0.1, 0.15) is 5.82 Å². The smallest absolute Gasteiger partial charge is 0.248 e. The number of aryl methyl sites for hydroxylation is 1. The highest BCUT2D eigenvalue weighted by atomic mass is 16.1. The molecule has 2 N–H and O–H groups in total. The van der Waals surface area contributed by atoms with Gasteiger partial charge in [0.25, 0.3) is 0 Å². The van der Waals surface area contributed by atoms with E-state index in [0.29, 0.717) is 11.5 Å². The first kappa shape index (κ1) is 10.3. The summed E-state index contributed by atoms with van der Waals surface area (Å²) in [4.78, 5) is 15.7. The number of imidazole rings is 1. The number of carbonyl (C=O) groups is 1. The molecule has 1 aromatic carbocycles. The van der Waals surface area contributed by atoms with Crippen molar-refractivity contribution in [2.24, 2.45) is 11.7 Å². The number of fused-ring (bicyclic) bond motifs is 3. The van der Waals surface area contributed by atoms with Crippen LogP contribution in [-0.4, -0.2) is 15.5 Å². The molecule has 0 aliphatic carbocycles. The Balaban J connectivity index is 2.17. The summed E-state index contributed by atoms with van der Waals surface area (Å²) in [6, 6.07) is 5.51. The first-order valence-electron chi connectivity index (χ1n) is 5.94. The third-order valence-corrected chi connectivity index (χ3v) is 3.49. The SMILES string of the molecule is C[C@@H]1CCn2c(nc3cc(C(N)=O)ccc32)C1. The van der Waals surface area contributed by atoms with Crippen LogP contribution in [0.4, 0.5) is 0 Å². The van der Waals surface area contributed by atoms with Crippen molar-refractivity contribution in [2.45, 2.75) is 26.3 Å². The van der Waals surface area contributed by atoms with Crippen molar-refractivity contribution in [3.05, 3.63) is 29.6 Å². The van der Waals surface area contributed by atoms with E-state index in [9.17, 15) is 4.79 Å². The van der Waals surface area contributed by atoms with Gasteiger partial charge in [0, 0.05) is 18.5 Å². The molecule has 4 nitrogen and oxygen atoms in total. The summed E-state index contributed by atoms with van der Waals surface area (Å²) in [5.41, 5.74) is 7.79. The molecule has 88 valence electrons. The Morgan fingerprint density at radius 3 is 3.12 bits per heavy atom. The molecule has 0 radical (unpaired) electrons. The minimum Gasteiger partial charge on any atom is -0.366 e. The van der Waals surface area contributed by atoms with E-state index in [0.717, 1.165) is 29.8 Å². The van der Waals surface area contributed by atoms with Gasteiger partial charge in [0.2, 0.25) is 5.91 Å². The maximum Gasteiger partial charge on any atom is 0.248 e. The highest BCUT2D eigenvalue weighted by Crippen LogP contribution is 2.25. The predicted octanol–water partition coefficient (Wildman–Crippen LogP) is 1.72. The zero-order valence-electron chi connectivity index (χ0n) is 9.81. The molecular formula is C13H15N3O. The Kier molecular flexibility index (Phi) is 2.18. The molecule has 1 aromatic heterocycles. The molecule has 0 bridgehead atoms. The van der Waals surface area contributed by atoms with E-state index in [2.05, 4.69) is 16.5 Å². The average molecular weight is 229 g/mol. The van der Waals surface area contributed by atoms with Gasteiger partial charge < -0.3 is 10.3 Å². The van der Waals surface area contributed by atoms with Crippen molar-refractivity contribution in [1.29, 1.82) is 0 Å². The predicted molar refractivity (Wildman–Crippen MR) is 65.7 cm³/mol. The van der Waals surface area contributed by atoms with E-state index >= 15 is 0 Å². The van der Waals surface area contributed by atoms with E-state index in [1.165, 1.54) is 6.42 Å². The summed E-state index contributed by atoms with van der Waals surface area (Å²) in [5, 5.41) is 0. The van der Waals surface area contributed by atoms with Crippen LogP contribution in [0.3, 0.4) is 0 Å². The Bertz CT molecular complexity index is 600. The molecule has 4 heteroatoms. The standard InChI is InChI=1S/C13H15N3O/c1-8-4-5-16-11-3-2-9(13(14)17)7-10(11)15-12(16)6-8/h2-3,7-8H,4-6H2,1H3,(H2,14,17)/t8-/m1/s1. The zero-order chi connectivity index (χ0) is 12.0. The fourth-order valence-corrected chi connectivity index (χ4v) is 2.50. The monoisotopic (exact) mass is 229 g/mol. The molecular weight excluding hydrogens is 214 g/mol. The molecule has 1 amide bonds. The van der Waals surface area contributed by atoms with Crippen LogP contribution < -0.4 is 5.73 Å². The lowest BCUT2D eigenvalue weighted by Crippen LogP contribution is -2.17. The van der Waals surface area contributed by atoms with Gasteiger partial charge in [-0.25, -0.2) is 4.98 Å². The molecule has 17 heavy (non-hydrogen) atoms. The highest BCUT2D eigenvalue weighted by Gasteiger charge is 2.19. The number of amides is 1. The lowest BCUT2D eigenvalue weighted by Gasteiger charge is -2.19. The van der Waals surface area contributed by atoms with Crippen LogP contribution in [0.1, 0.15) is 29.5 Å². The third kappa shape index (κ3) is 1.60. The number of aromatic nitrogens is 2. The quantitative estimate of drug-likeness (QED) is 0.809. The fraction of sp³-hybridized carbons (Fsp3) is 0.385. The molecule has 2 heterocycles. The zero-order valence-corrected chi connectivity index (χ0v) is 9.81. The van der Waals surface area contributed by atoms with Crippen molar-refractivity contribution in [1.82, 2.24) is 9.55 Å². The van der Waals surface area contributed by atoms with Gasteiger partial charge in [-0.05, 0) is 30.5 Å². The first-order valence-corrected chi connectivity index (χ1v) is 5.94. The summed E-state index contributed by atoms with van der Waals surface area (Å²) in [6.07, 6.45) is 2.20. The van der Waals surface area contributed by atoms with E-state index < -0.39 is 5.91 Å². The summed E-state index contributed by atoms with van der Waals surface area (Å²) < 4.78 is 2.25. The molecule has 0 spiro atoms. The Morgan fingerprint density at radius 2 is 2.35 bits per heavy atom. The number of carbonyl (C=O) groups excluding carboxylic acids is 1. The summed E-state index contributed by atoms with van der Waals surface area (Å²) >= 11 is 0. The van der Waals surface area contributed by atoms with Crippen LogP contribution in [0.25, 0.3) is 11.0 Å². The first-order chi connectivity index (χ1) is 8.15. The van der Waals surface area contributed by atoms with Crippen LogP contribution in [0.5, 0.6) is 0 Å². The molecule has 2 aromatic rings. The van der Waals surface area contributed by atoms with Gasteiger partial charge in [-0.2, -0.15) is 0 Å². The van der Waals surface area contributed by atoms with Crippen molar-refractivity contribution in [2.75, 3.05) is 0 Å². The lowest BCUT2D eigenvalue weighted by atomic mass is 10.0. The number of rotatable bonds is 1. The average Bonchev–Trinajstić information content (AvgIpc) is 2.64. The second-order valence-corrected chi connectivity index (χ2v) is 4.85. The second-order valence-electron chi connectivity index (χ2n) is 4.85. The van der Waals surface area contributed by atoms with Crippen LogP contribution in [0.15, 0.2) is 18.2 Å².